The van der Waals surface area contributed by atoms with Gasteiger partial charge in [-0.3, -0.25) is 9.69 Å². The van der Waals surface area contributed by atoms with Gasteiger partial charge in [-0.05, 0) is 17.9 Å². The topological polar surface area (TPSA) is 49.8 Å². The molecule has 1 unspecified atom stereocenters. The lowest BCUT2D eigenvalue weighted by atomic mass is 10.1. The average Bonchev–Trinajstić information content (AvgIpc) is 2.84. The Morgan fingerprint density at radius 3 is 2.88 bits per heavy atom. The fourth-order valence-corrected chi connectivity index (χ4v) is 3.03. The first-order valence-corrected chi connectivity index (χ1v) is 6.72. The fourth-order valence-electron chi connectivity index (χ4n) is 2.13. The molecule has 1 N–H and O–H groups in total. The number of carbonyl (C=O) groups is 1. The third-order valence-corrected chi connectivity index (χ3v) is 3.96. The van der Waals surface area contributed by atoms with Crippen LogP contribution in [0, 0.1) is 0 Å². The van der Waals surface area contributed by atoms with E-state index in [1.54, 1.807) is 11.3 Å². The second-order valence-corrected chi connectivity index (χ2v) is 5.09. The van der Waals surface area contributed by atoms with Crippen LogP contribution in [0.4, 0.5) is 0 Å². The van der Waals surface area contributed by atoms with Crippen LogP contribution in [-0.4, -0.2) is 42.3 Å². The smallest absolute Gasteiger partial charge is 0.303 e. The Morgan fingerprint density at radius 1 is 1.53 bits per heavy atom. The number of carboxylic acid groups (broad SMARTS) is 1. The van der Waals surface area contributed by atoms with Gasteiger partial charge in [-0.1, -0.05) is 6.07 Å². The van der Waals surface area contributed by atoms with Crippen LogP contribution < -0.4 is 0 Å². The van der Waals surface area contributed by atoms with Crippen molar-refractivity contribution in [2.45, 2.75) is 18.9 Å². The number of aliphatic carboxylic acids is 1. The normalized spacial score (nSPS) is 19.1. The maximum Gasteiger partial charge on any atom is 0.303 e. The summed E-state index contributed by atoms with van der Waals surface area (Å²) >= 11 is 1.70. The Morgan fingerprint density at radius 2 is 2.29 bits per heavy atom. The summed E-state index contributed by atoms with van der Waals surface area (Å²) < 4.78 is 5.34. The SMILES string of the molecule is O=C(O)CCC(c1cccs1)N1CCOCC1. The molecule has 1 fully saturated rings. The Hall–Kier alpha value is -0.910. The molecule has 0 amide bonds. The van der Waals surface area contributed by atoms with Crippen LogP contribution >= 0.6 is 11.3 Å². The Labute approximate surface area is 105 Å². The van der Waals surface area contributed by atoms with Crippen LogP contribution in [0.2, 0.25) is 0 Å². The predicted octanol–water partition coefficient (Wildman–Crippen LogP) is 1.99. The number of nitrogens with zero attached hydrogens (tertiary/aromatic N) is 1. The highest BCUT2D eigenvalue weighted by Crippen LogP contribution is 2.29. The fraction of sp³-hybridized carbons (Fsp3) is 0.583. The zero-order valence-corrected chi connectivity index (χ0v) is 10.5. The van der Waals surface area contributed by atoms with Gasteiger partial charge in [-0.25, -0.2) is 0 Å². The monoisotopic (exact) mass is 255 g/mol. The molecule has 17 heavy (non-hydrogen) atoms. The maximum atomic E-state index is 10.7. The summed E-state index contributed by atoms with van der Waals surface area (Å²) in [4.78, 5) is 14.3. The van der Waals surface area contributed by atoms with Crippen LogP contribution in [-0.2, 0) is 9.53 Å². The van der Waals surface area contributed by atoms with Crippen molar-refractivity contribution in [2.75, 3.05) is 26.3 Å². The van der Waals surface area contributed by atoms with E-state index in [0.29, 0.717) is 6.42 Å². The molecule has 0 radical (unpaired) electrons. The van der Waals surface area contributed by atoms with Crippen molar-refractivity contribution in [3.8, 4) is 0 Å². The van der Waals surface area contributed by atoms with Crippen molar-refractivity contribution in [3.05, 3.63) is 22.4 Å². The third kappa shape index (κ3) is 3.52. The third-order valence-electron chi connectivity index (χ3n) is 2.99. The molecule has 5 heteroatoms. The summed E-state index contributed by atoms with van der Waals surface area (Å²) in [5.41, 5.74) is 0. The number of morpholine rings is 1. The Bertz CT molecular complexity index is 347. The van der Waals surface area contributed by atoms with Gasteiger partial charge in [0.1, 0.15) is 0 Å². The Balaban J connectivity index is 2.03. The lowest BCUT2D eigenvalue weighted by Gasteiger charge is -2.33. The van der Waals surface area contributed by atoms with Gasteiger partial charge in [-0.15, -0.1) is 11.3 Å². The highest BCUT2D eigenvalue weighted by atomic mass is 32.1. The first-order valence-electron chi connectivity index (χ1n) is 5.84. The lowest BCUT2D eigenvalue weighted by Crippen LogP contribution is -2.39. The van der Waals surface area contributed by atoms with E-state index in [9.17, 15) is 4.79 Å². The van der Waals surface area contributed by atoms with Crippen molar-refractivity contribution in [1.29, 1.82) is 0 Å². The summed E-state index contributed by atoms with van der Waals surface area (Å²) in [5, 5.41) is 10.9. The zero-order chi connectivity index (χ0) is 12.1. The van der Waals surface area contributed by atoms with E-state index in [1.165, 1.54) is 4.88 Å². The molecule has 1 atom stereocenters. The molecule has 4 nitrogen and oxygen atoms in total. The summed E-state index contributed by atoms with van der Waals surface area (Å²) in [5.74, 6) is -0.722. The molecule has 1 aromatic heterocycles. The van der Waals surface area contributed by atoms with Crippen molar-refractivity contribution < 1.29 is 14.6 Å². The number of hydrogen-bond acceptors (Lipinski definition) is 4. The van der Waals surface area contributed by atoms with E-state index in [-0.39, 0.29) is 12.5 Å². The molecule has 2 heterocycles. The molecule has 0 bridgehead atoms. The molecule has 2 rings (SSSR count). The van der Waals surface area contributed by atoms with E-state index in [2.05, 4.69) is 11.0 Å². The van der Waals surface area contributed by atoms with E-state index in [4.69, 9.17) is 9.84 Å². The van der Waals surface area contributed by atoms with E-state index in [1.807, 2.05) is 11.4 Å². The van der Waals surface area contributed by atoms with E-state index in [0.717, 1.165) is 26.3 Å². The molecule has 0 aromatic carbocycles. The first-order chi connectivity index (χ1) is 8.27. The van der Waals surface area contributed by atoms with Gasteiger partial charge >= 0.3 is 5.97 Å². The first kappa shape index (κ1) is 12.5. The standard InChI is InChI=1S/C12H17NO3S/c14-12(15)4-3-10(11-2-1-9-17-11)13-5-7-16-8-6-13/h1-2,9-10H,3-8H2,(H,14,15). The van der Waals surface area contributed by atoms with Gasteiger partial charge < -0.3 is 9.84 Å². The Kier molecular flexibility index (Phi) is 4.53. The van der Waals surface area contributed by atoms with Crippen molar-refractivity contribution >= 4 is 17.3 Å². The number of carboxylic acids is 1. The average molecular weight is 255 g/mol. The van der Waals surface area contributed by atoms with Crippen LogP contribution in [0.1, 0.15) is 23.8 Å². The molecule has 1 saturated heterocycles. The van der Waals surface area contributed by atoms with Crippen molar-refractivity contribution in [2.24, 2.45) is 0 Å². The number of thiophene rings is 1. The second-order valence-electron chi connectivity index (χ2n) is 4.11. The summed E-state index contributed by atoms with van der Waals surface area (Å²) in [7, 11) is 0. The van der Waals surface area contributed by atoms with Crippen LogP contribution in [0.5, 0.6) is 0 Å². The number of hydrogen-bond donors (Lipinski definition) is 1. The predicted molar refractivity (Wildman–Crippen MR) is 66.3 cm³/mol. The molecule has 1 aliphatic rings. The minimum absolute atomic E-state index is 0.222. The summed E-state index contributed by atoms with van der Waals surface area (Å²) in [6, 6.07) is 4.34. The largest absolute Gasteiger partial charge is 0.481 e. The highest BCUT2D eigenvalue weighted by molar-refractivity contribution is 7.10. The number of ether oxygens (including phenoxy) is 1. The summed E-state index contributed by atoms with van der Waals surface area (Å²) in [6.45, 7) is 3.27. The van der Waals surface area contributed by atoms with E-state index >= 15 is 0 Å². The van der Waals surface area contributed by atoms with Gasteiger partial charge in [0.25, 0.3) is 0 Å². The quantitative estimate of drug-likeness (QED) is 0.874. The minimum atomic E-state index is -0.722. The lowest BCUT2D eigenvalue weighted by molar-refractivity contribution is -0.137. The minimum Gasteiger partial charge on any atom is -0.481 e. The maximum absolute atomic E-state index is 10.7. The van der Waals surface area contributed by atoms with Gasteiger partial charge in [0, 0.05) is 30.4 Å². The summed E-state index contributed by atoms with van der Waals surface area (Å²) in [6.07, 6.45) is 0.899. The molecule has 0 spiro atoms. The van der Waals surface area contributed by atoms with Gasteiger partial charge in [0.15, 0.2) is 0 Å². The van der Waals surface area contributed by atoms with Crippen LogP contribution in [0.15, 0.2) is 17.5 Å². The van der Waals surface area contributed by atoms with Crippen molar-refractivity contribution in [1.82, 2.24) is 4.90 Å². The molecule has 1 aromatic rings. The molecular weight excluding hydrogens is 238 g/mol. The second kappa shape index (κ2) is 6.14. The molecule has 94 valence electrons. The number of rotatable bonds is 5. The zero-order valence-electron chi connectivity index (χ0n) is 9.67. The highest BCUT2D eigenvalue weighted by Gasteiger charge is 2.23. The molecular formula is C12H17NO3S. The van der Waals surface area contributed by atoms with Gasteiger partial charge in [-0.2, -0.15) is 0 Å². The van der Waals surface area contributed by atoms with Crippen LogP contribution in [0.3, 0.4) is 0 Å². The molecule has 0 saturated carbocycles. The van der Waals surface area contributed by atoms with Crippen LogP contribution in [0.25, 0.3) is 0 Å². The molecule has 0 aliphatic carbocycles. The van der Waals surface area contributed by atoms with Crippen molar-refractivity contribution in [3.63, 3.8) is 0 Å². The molecule has 1 aliphatic heterocycles. The van der Waals surface area contributed by atoms with Gasteiger partial charge in [0.2, 0.25) is 0 Å². The van der Waals surface area contributed by atoms with Gasteiger partial charge in [0.05, 0.1) is 13.2 Å². The van der Waals surface area contributed by atoms with E-state index < -0.39 is 5.97 Å².